The Morgan fingerprint density at radius 3 is 1.66 bits per heavy atom. The van der Waals surface area contributed by atoms with Gasteiger partial charge >= 0.3 is 11.9 Å². The Morgan fingerprint density at radius 1 is 0.618 bits per heavy atom. The first-order valence-corrected chi connectivity index (χ1v) is 25.7. The maximum Gasteiger partial charge on any atom is 0.326 e. The van der Waals surface area contributed by atoms with Crippen LogP contribution in [0.1, 0.15) is 70.1 Å². The number of thiol groups is 2. The molecule has 0 saturated carbocycles. The first-order chi connectivity index (χ1) is 35.9. The van der Waals surface area contributed by atoms with Gasteiger partial charge in [-0.3, -0.25) is 38.4 Å². The van der Waals surface area contributed by atoms with Gasteiger partial charge in [0, 0.05) is 46.9 Å². The maximum atomic E-state index is 14.8. The minimum atomic E-state index is -1.52. The van der Waals surface area contributed by atoms with Crippen LogP contribution in [-0.4, -0.2) is 139 Å². The molecule has 4 aromatic rings. The van der Waals surface area contributed by atoms with Crippen molar-refractivity contribution in [1.82, 2.24) is 42.2 Å². The standard InChI is InChI=1S/C52H70N10O12S2/c1-28(2)42(51(73)74)61-49(71)40(27-75)60-47(69)37(23-30-17-19-32(63)20-18-30)57-45(67)36(16-10-11-21-53)56-48(70)39(24-31-26-55-35-15-9-8-14-33(31)35)58-46(68)38(22-29-12-6-5-7-13-29)59-50(72)43(52(3,4)76)62-44(66)34(54)25-41(64)65/h5-9,12-15,17-20,26,28,34,36-40,42-43,55,63,75-76H,10-11,16,21-25,27,53-54H2,1-4H3,(H,56,70)(H,57,67)(H,58,68)(H,59,72)(H,60,69)(H,61,71)(H,62,66)(H,64,65)(H,73,74)/t34-,36-,37-,38-,39-,40-,42-,43+/m0/s1. The summed E-state index contributed by atoms with van der Waals surface area (Å²) in [6.45, 7) is 6.46. The smallest absolute Gasteiger partial charge is 0.326 e. The van der Waals surface area contributed by atoms with Gasteiger partial charge in [0.05, 0.1) is 12.5 Å². The molecule has 0 fully saturated rings. The zero-order chi connectivity index (χ0) is 56.3. The number of unbranched alkanes of at least 4 members (excludes halogenated alkanes) is 1. The fourth-order valence-electron chi connectivity index (χ4n) is 8.03. The molecular formula is C52H70N10O12S2. The minimum absolute atomic E-state index is 0.00103. The second-order valence-corrected chi connectivity index (χ2v) is 20.8. The van der Waals surface area contributed by atoms with Crippen LogP contribution in [0, 0.1) is 5.92 Å². The molecule has 0 spiro atoms. The zero-order valence-electron chi connectivity index (χ0n) is 42.7. The van der Waals surface area contributed by atoms with E-state index in [1.807, 2.05) is 18.2 Å². The number of phenols is 1. The predicted octanol–water partition coefficient (Wildman–Crippen LogP) is 0.605. The highest BCUT2D eigenvalue weighted by atomic mass is 32.1. The van der Waals surface area contributed by atoms with Gasteiger partial charge in [-0.05, 0) is 80.5 Å². The summed E-state index contributed by atoms with van der Waals surface area (Å²) in [6.07, 6.45) is 1.24. The topological polar surface area (TPSA) is 366 Å². The molecule has 1 aromatic heterocycles. The normalized spacial score (nSPS) is 14.6. The molecule has 7 amide bonds. The average molecular weight is 1090 g/mol. The monoisotopic (exact) mass is 1090 g/mol. The highest BCUT2D eigenvalue weighted by Crippen LogP contribution is 2.22. The maximum absolute atomic E-state index is 14.8. The van der Waals surface area contributed by atoms with E-state index in [0.29, 0.717) is 29.5 Å². The van der Waals surface area contributed by atoms with Gasteiger partial charge in [0.25, 0.3) is 0 Å². The molecule has 412 valence electrons. The number of hydrogen-bond donors (Lipinski definition) is 15. The molecule has 0 bridgehead atoms. The largest absolute Gasteiger partial charge is 0.508 e. The van der Waals surface area contributed by atoms with Gasteiger partial charge in [-0.2, -0.15) is 25.3 Å². The Morgan fingerprint density at radius 2 is 1.12 bits per heavy atom. The molecule has 22 nitrogen and oxygen atoms in total. The molecule has 4 rings (SSSR count). The molecule has 0 aliphatic carbocycles. The summed E-state index contributed by atoms with van der Waals surface area (Å²) in [5.41, 5.74) is 14.0. The number of carboxylic acid groups (broad SMARTS) is 2. The van der Waals surface area contributed by atoms with Crippen molar-refractivity contribution in [3.8, 4) is 5.75 Å². The Hall–Kier alpha value is -7.15. The molecule has 0 aliphatic heterocycles. The Kier molecular flexibility index (Phi) is 23.6. The lowest BCUT2D eigenvalue weighted by Crippen LogP contribution is -2.63. The number of para-hydroxylation sites is 1. The van der Waals surface area contributed by atoms with Crippen molar-refractivity contribution < 1.29 is 58.5 Å². The van der Waals surface area contributed by atoms with Gasteiger partial charge in [0.2, 0.25) is 41.4 Å². The molecule has 0 saturated heterocycles. The number of carboxylic acids is 2. The number of aromatic hydroxyl groups is 1. The Labute approximate surface area is 451 Å². The summed E-state index contributed by atoms with van der Waals surface area (Å²) < 4.78 is -1.29. The summed E-state index contributed by atoms with van der Waals surface area (Å²) in [6, 6.07) is 10.4. The van der Waals surface area contributed by atoms with Crippen LogP contribution in [0.2, 0.25) is 0 Å². The quantitative estimate of drug-likeness (QED) is 0.0251. The van der Waals surface area contributed by atoms with E-state index >= 15 is 0 Å². The number of carbonyl (C=O) groups excluding carboxylic acids is 7. The molecule has 24 heteroatoms. The van der Waals surface area contributed by atoms with E-state index in [4.69, 9.17) is 11.5 Å². The van der Waals surface area contributed by atoms with Crippen molar-refractivity contribution in [2.24, 2.45) is 17.4 Å². The molecule has 0 unspecified atom stereocenters. The third-order valence-electron chi connectivity index (χ3n) is 12.3. The number of aromatic amines is 1. The highest BCUT2D eigenvalue weighted by molar-refractivity contribution is 7.81. The summed E-state index contributed by atoms with van der Waals surface area (Å²) in [5.74, 6) is -9.53. The number of H-pyrrole nitrogens is 1. The summed E-state index contributed by atoms with van der Waals surface area (Å²) in [5, 5.41) is 48.0. The van der Waals surface area contributed by atoms with E-state index in [9.17, 15) is 58.5 Å². The first-order valence-electron chi connectivity index (χ1n) is 24.6. The molecule has 15 N–H and O–H groups in total. The van der Waals surface area contributed by atoms with Crippen molar-refractivity contribution in [3.63, 3.8) is 0 Å². The van der Waals surface area contributed by atoms with Crippen molar-refractivity contribution in [2.75, 3.05) is 12.3 Å². The van der Waals surface area contributed by atoms with Crippen molar-refractivity contribution in [1.29, 1.82) is 0 Å². The average Bonchev–Trinajstić information content (AvgIpc) is 3.77. The number of rotatable bonds is 30. The molecule has 0 aliphatic rings. The molecular weight excluding hydrogens is 1020 g/mol. The van der Waals surface area contributed by atoms with Crippen LogP contribution >= 0.6 is 25.3 Å². The van der Waals surface area contributed by atoms with E-state index in [2.05, 4.69) is 67.5 Å². The number of benzene rings is 3. The van der Waals surface area contributed by atoms with E-state index in [-0.39, 0.29) is 43.7 Å². The number of fused-ring (bicyclic) bond motifs is 1. The first kappa shape index (κ1) is 61.4. The molecule has 1 heterocycles. The van der Waals surface area contributed by atoms with Crippen molar-refractivity contribution in [2.45, 2.75) is 126 Å². The van der Waals surface area contributed by atoms with Crippen molar-refractivity contribution in [3.05, 3.63) is 102 Å². The minimum Gasteiger partial charge on any atom is -0.508 e. The number of phenolic OH excluding ortho intramolecular Hbond substituents is 1. The highest BCUT2D eigenvalue weighted by Gasteiger charge is 2.39. The predicted molar refractivity (Wildman–Crippen MR) is 290 cm³/mol. The number of aromatic nitrogens is 1. The lowest BCUT2D eigenvalue weighted by molar-refractivity contribution is -0.143. The lowest BCUT2D eigenvalue weighted by Gasteiger charge is -2.32. The molecule has 0 radical (unpaired) electrons. The molecule has 8 atom stereocenters. The van der Waals surface area contributed by atoms with E-state index in [1.54, 1.807) is 56.4 Å². The fourth-order valence-corrected chi connectivity index (χ4v) is 8.47. The van der Waals surface area contributed by atoms with Gasteiger partial charge in [-0.15, -0.1) is 0 Å². The second kappa shape index (κ2) is 29.2. The zero-order valence-corrected chi connectivity index (χ0v) is 44.5. The fraction of sp³-hybridized carbons (Fsp3) is 0.442. The van der Waals surface area contributed by atoms with Crippen LogP contribution in [-0.2, 0) is 62.4 Å². The van der Waals surface area contributed by atoms with E-state index in [1.165, 1.54) is 38.1 Å². The van der Waals surface area contributed by atoms with Gasteiger partial charge < -0.3 is 69.0 Å². The Bertz CT molecular complexity index is 2650. The summed E-state index contributed by atoms with van der Waals surface area (Å²) in [7, 11) is 0. The van der Waals surface area contributed by atoms with Crippen LogP contribution in [0.3, 0.4) is 0 Å². The van der Waals surface area contributed by atoms with Gasteiger partial charge in [-0.25, -0.2) is 4.79 Å². The van der Waals surface area contributed by atoms with Crippen LogP contribution in [0.4, 0.5) is 0 Å². The van der Waals surface area contributed by atoms with Crippen LogP contribution in [0.15, 0.2) is 85.1 Å². The lowest BCUT2D eigenvalue weighted by atomic mass is 9.98. The van der Waals surface area contributed by atoms with E-state index < -0.39 is 119 Å². The van der Waals surface area contributed by atoms with Gasteiger partial charge in [0.1, 0.15) is 48.0 Å². The Balaban J connectivity index is 1.71. The summed E-state index contributed by atoms with van der Waals surface area (Å²) >= 11 is 8.76. The number of nitrogens with one attached hydrogen (secondary N) is 8. The third kappa shape index (κ3) is 18.9. The number of hydrogen-bond acceptors (Lipinski definition) is 14. The van der Waals surface area contributed by atoms with Crippen LogP contribution in [0.25, 0.3) is 10.9 Å². The number of nitrogens with two attached hydrogens (primary N) is 2. The number of carbonyl (C=O) groups is 9. The van der Waals surface area contributed by atoms with E-state index in [0.717, 1.165) is 10.9 Å². The second-order valence-electron chi connectivity index (χ2n) is 19.3. The number of amides is 7. The summed E-state index contributed by atoms with van der Waals surface area (Å²) in [4.78, 5) is 125. The SMILES string of the molecule is CC(C)[C@H](NC(=O)[C@H](CS)NC(=O)[C@H](Cc1ccc(O)cc1)NC(=O)[C@H](CCCCN)NC(=O)[C@H](Cc1c[nH]c2ccccc12)NC(=O)[C@H](Cc1ccccc1)NC(=O)[C@@H](NC(=O)[C@@H](N)CC(=O)O)C(C)(C)S)C(=O)O. The van der Waals surface area contributed by atoms with Crippen molar-refractivity contribution >= 4 is 89.4 Å². The molecule has 76 heavy (non-hydrogen) atoms. The molecule has 3 aromatic carbocycles. The van der Waals surface area contributed by atoms with Gasteiger partial charge in [0.15, 0.2) is 0 Å². The van der Waals surface area contributed by atoms with Crippen LogP contribution in [0.5, 0.6) is 5.75 Å². The van der Waals surface area contributed by atoms with Gasteiger partial charge in [-0.1, -0.05) is 74.5 Å². The van der Waals surface area contributed by atoms with Crippen LogP contribution < -0.4 is 48.7 Å². The third-order valence-corrected chi connectivity index (χ3v) is 12.9. The number of aliphatic carboxylic acids is 2.